The van der Waals surface area contributed by atoms with Crippen molar-refractivity contribution < 1.29 is 4.42 Å². The van der Waals surface area contributed by atoms with E-state index < -0.39 is 6.04 Å². The third-order valence-electron chi connectivity index (χ3n) is 6.86. The van der Waals surface area contributed by atoms with Crippen LogP contribution in [0.4, 0.5) is 0 Å². The number of tetrazole rings is 1. The van der Waals surface area contributed by atoms with Gasteiger partial charge in [0.15, 0.2) is 5.82 Å². The number of pyridine rings is 1. The summed E-state index contributed by atoms with van der Waals surface area (Å²) in [6.07, 6.45) is 2.58. The average Bonchev–Trinajstić information content (AvgIpc) is 3.74. The molecule has 8 nitrogen and oxygen atoms in total. The molecule has 0 unspecified atom stereocenters. The highest BCUT2D eigenvalue weighted by Crippen LogP contribution is 2.31. The molecular formula is C30H28N6O2S. The summed E-state index contributed by atoms with van der Waals surface area (Å²) in [5.74, 6) is 1.39. The van der Waals surface area contributed by atoms with Crippen LogP contribution in [0, 0.1) is 0 Å². The quantitative estimate of drug-likeness (QED) is 0.246. The number of aryl methyl sites for hydroxylation is 1. The fourth-order valence-electron chi connectivity index (χ4n) is 4.92. The van der Waals surface area contributed by atoms with Crippen molar-refractivity contribution in [3.8, 4) is 0 Å². The minimum Gasteiger partial charge on any atom is -0.468 e. The molecule has 0 fully saturated rings. The number of nitrogens with one attached hydrogen (secondary N) is 1. The van der Waals surface area contributed by atoms with Crippen molar-refractivity contribution in [1.82, 2.24) is 30.1 Å². The van der Waals surface area contributed by atoms with Gasteiger partial charge in [0, 0.05) is 22.5 Å². The summed E-state index contributed by atoms with van der Waals surface area (Å²) < 4.78 is 7.55. The summed E-state index contributed by atoms with van der Waals surface area (Å²) >= 11 is 1.68. The molecule has 1 atom stereocenters. The van der Waals surface area contributed by atoms with Crippen LogP contribution in [0.25, 0.3) is 10.9 Å². The van der Waals surface area contributed by atoms with Crippen LogP contribution in [0.2, 0.25) is 0 Å². The van der Waals surface area contributed by atoms with Crippen LogP contribution in [0.5, 0.6) is 0 Å². The van der Waals surface area contributed by atoms with E-state index in [1.807, 2.05) is 60.7 Å². The van der Waals surface area contributed by atoms with Crippen molar-refractivity contribution in [2.75, 3.05) is 0 Å². The molecule has 4 heterocycles. The van der Waals surface area contributed by atoms with Crippen molar-refractivity contribution in [3.05, 3.63) is 134 Å². The molecule has 0 aliphatic heterocycles. The van der Waals surface area contributed by atoms with Gasteiger partial charge >= 0.3 is 0 Å². The van der Waals surface area contributed by atoms with E-state index in [4.69, 9.17) is 4.42 Å². The van der Waals surface area contributed by atoms with Gasteiger partial charge in [0.05, 0.1) is 19.4 Å². The summed E-state index contributed by atoms with van der Waals surface area (Å²) in [5.41, 5.74) is 3.50. The van der Waals surface area contributed by atoms with E-state index >= 15 is 0 Å². The van der Waals surface area contributed by atoms with Gasteiger partial charge in [0.1, 0.15) is 11.8 Å². The fourth-order valence-corrected chi connectivity index (χ4v) is 5.64. The predicted molar refractivity (Wildman–Crippen MR) is 151 cm³/mol. The first-order chi connectivity index (χ1) is 19.2. The third kappa shape index (κ3) is 5.45. The lowest BCUT2D eigenvalue weighted by molar-refractivity contribution is 0.181. The molecule has 6 aromatic rings. The van der Waals surface area contributed by atoms with Gasteiger partial charge in [-0.25, -0.2) is 4.68 Å². The number of hydrogen-bond acceptors (Lipinski definition) is 7. The van der Waals surface area contributed by atoms with Crippen LogP contribution in [0.15, 0.2) is 99.7 Å². The summed E-state index contributed by atoms with van der Waals surface area (Å²) in [6, 6.07) is 25.6. The Morgan fingerprint density at radius 3 is 2.67 bits per heavy atom. The molecule has 0 saturated heterocycles. The van der Waals surface area contributed by atoms with Crippen LogP contribution in [0.3, 0.4) is 0 Å². The Labute approximate surface area is 229 Å². The average molecular weight is 537 g/mol. The van der Waals surface area contributed by atoms with E-state index in [2.05, 4.69) is 55.9 Å². The molecule has 1 N–H and O–H groups in total. The van der Waals surface area contributed by atoms with E-state index in [1.54, 1.807) is 22.3 Å². The van der Waals surface area contributed by atoms with E-state index in [9.17, 15) is 4.79 Å². The Hall–Kier alpha value is -4.34. The molecule has 9 heteroatoms. The second-order valence-electron chi connectivity index (χ2n) is 9.48. The van der Waals surface area contributed by atoms with Gasteiger partial charge in [-0.05, 0) is 75.1 Å². The highest BCUT2D eigenvalue weighted by atomic mass is 32.1. The Balaban J connectivity index is 1.52. The highest BCUT2D eigenvalue weighted by molar-refractivity contribution is 7.09. The highest BCUT2D eigenvalue weighted by Gasteiger charge is 2.31. The van der Waals surface area contributed by atoms with Gasteiger partial charge in [-0.3, -0.25) is 9.69 Å². The summed E-state index contributed by atoms with van der Waals surface area (Å²) in [6.45, 7) is 3.67. The maximum Gasteiger partial charge on any atom is 0.253 e. The first kappa shape index (κ1) is 25.0. The zero-order valence-electron chi connectivity index (χ0n) is 21.5. The zero-order chi connectivity index (χ0) is 26.6. The number of aromatic nitrogens is 5. The van der Waals surface area contributed by atoms with Gasteiger partial charge in [0.25, 0.3) is 5.56 Å². The molecule has 4 aromatic heterocycles. The van der Waals surface area contributed by atoms with Gasteiger partial charge in [-0.15, -0.1) is 16.4 Å². The lowest BCUT2D eigenvalue weighted by Crippen LogP contribution is -2.34. The Morgan fingerprint density at radius 1 is 1.00 bits per heavy atom. The van der Waals surface area contributed by atoms with Crippen LogP contribution >= 0.6 is 11.3 Å². The number of furan rings is 1. The number of hydrogen-bond donors (Lipinski definition) is 1. The molecule has 0 amide bonds. The molecule has 6 rings (SSSR count). The first-order valence-electron chi connectivity index (χ1n) is 12.9. The third-order valence-corrected chi connectivity index (χ3v) is 7.72. The Morgan fingerprint density at radius 2 is 1.90 bits per heavy atom. The Bertz CT molecular complexity index is 1670. The molecule has 0 radical (unpaired) electrons. The molecular weight excluding hydrogens is 508 g/mol. The smallest absolute Gasteiger partial charge is 0.253 e. The fraction of sp³-hybridized carbons (Fsp3) is 0.200. The molecule has 2 aromatic carbocycles. The van der Waals surface area contributed by atoms with Gasteiger partial charge < -0.3 is 9.40 Å². The Kier molecular flexibility index (Phi) is 7.16. The van der Waals surface area contributed by atoms with Crippen LogP contribution in [0.1, 0.15) is 46.1 Å². The normalized spacial score (nSPS) is 12.4. The standard InChI is InChI=1S/C30H28N6O2S/c1-2-21-12-13-27-23(16-21)17-26(30(37)31-27)28(29-32-33-34-36(29)18-22-8-4-3-5-9-22)35(19-24-10-6-14-38-24)20-25-11-7-15-39-25/h3-17,28H,2,18-20H2,1H3,(H,31,37)/t28-/m0/s1. The van der Waals surface area contributed by atoms with Gasteiger partial charge in [-0.1, -0.05) is 49.4 Å². The predicted octanol–water partition coefficient (Wildman–Crippen LogP) is 5.57. The number of thiophene rings is 1. The summed E-state index contributed by atoms with van der Waals surface area (Å²) in [7, 11) is 0. The monoisotopic (exact) mass is 536 g/mol. The number of benzene rings is 2. The van der Waals surface area contributed by atoms with Gasteiger partial charge in [0.2, 0.25) is 0 Å². The second kappa shape index (κ2) is 11.2. The van der Waals surface area contributed by atoms with Crippen LogP contribution in [-0.2, 0) is 26.1 Å². The number of nitrogens with zero attached hydrogens (tertiary/aromatic N) is 5. The lowest BCUT2D eigenvalue weighted by Gasteiger charge is -2.30. The molecule has 0 spiro atoms. The maximum absolute atomic E-state index is 13.7. The van der Waals surface area contributed by atoms with Crippen molar-refractivity contribution >= 4 is 22.2 Å². The van der Waals surface area contributed by atoms with E-state index in [0.29, 0.717) is 31.0 Å². The minimum atomic E-state index is -0.533. The first-order valence-corrected chi connectivity index (χ1v) is 13.8. The number of rotatable bonds is 10. The molecule has 0 saturated carbocycles. The van der Waals surface area contributed by atoms with Crippen LogP contribution < -0.4 is 5.56 Å². The summed E-state index contributed by atoms with van der Waals surface area (Å²) in [4.78, 5) is 20.2. The SMILES string of the molecule is CCc1ccc2[nH]c(=O)c([C@@H](c3nnnn3Cc3ccccc3)N(Cc3ccco3)Cc3cccs3)cc2c1. The number of fused-ring (bicyclic) bond motifs is 1. The van der Waals surface area contributed by atoms with Crippen LogP contribution in [-0.4, -0.2) is 30.1 Å². The maximum atomic E-state index is 13.7. The topological polar surface area (TPSA) is 92.8 Å². The molecule has 0 aliphatic carbocycles. The molecule has 0 aliphatic rings. The second-order valence-corrected chi connectivity index (χ2v) is 10.5. The molecule has 0 bridgehead atoms. The molecule has 196 valence electrons. The van der Waals surface area contributed by atoms with Gasteiger partial charge in [-0.2, -0.15) is 0 Å². The largest absolute Gasteiger partial charge is 0.468 e. The molecule has 39 heavy (non-hydrogen) atoms. The van der Waals surface area contributed by atoms with Crippen molar-refractivity contribution in [2.45, 2.75) is 39.0 Å². The number of H-pyrrole nitrogens is 1. The minimum absolute atomic E-state index is 0.165. The van der Waals surface area contributed by atoms with Crippen molar-refractivity contribution in [1.29, 1.82) is 0 Å². The zero-order valence-corrected chi connectivity index (χ0v) is 22.3. The lowest BCUT2D eigenvalue weighted by atomic mass is 10.0. The van der Waals surface area contributed by atoms with E-state index in [1.165, 1.54) is 10.4 Å². The van der Waals surface area contributed by atoms with E-state index in [-0.39, 0.29) is 5.56 Å². The van der Waals surface area contributed by atoms with E-state index in [0.717, 1.165) is 28.6 Å². The summed E-state index contributed by atoms with van der Waals surface area (Å²) in [5, 5.41) is 16.0. The van der Waals surface area contributed by atoms with Crippen molar-refractivity contribution in [3.63, 3.8) is 0 Å². The number of aromatic amines is 1. The van der Waals surface area contributed by atoms with Crippen molar-refractivity contribution in [2.24, 2.45) is 0 Å².